The largest absolute Gasteiger partial charge is 0.492 e. The summed E-state index contributed by atoms with van der Waals surface area (Å²) in [4.78, 5) is 0. The fraction of sp³-hybridized carbons (Fsp3) is 0.520. The van der Waals surface area contributed by atoms with Crippen molar-refractivity contribution in [2.75, 3.05) is 18.9 Å². The third kappa shape index (κ3) is 6.07. The number of halogens is 1. The Morgan fingerprint density at radius 1 is 1.16 bits per heavy atom. The second-order valence-electron chi connectivity index (χ2n) is 9.02. The van der Waals surface area contributed by atoms with Crippen molar-refractivity contribution < 1.29 is 17.5 Å². The summed E-state index contributed by atoms with van der Waals surface area (Å²) in [6.07, 6.45) is 6.17. The maximum absolute atomic E-state index is 13.7. The van der Waals surface area contributed by atoms with Gasteiger partial charge in [0.25, 0.3) is 0 Å². The summed E-state index contributed by atoms with van der Waals surface area (Å²) in [7, 11) is -3.20. The van der Waals surface area contributed by atoms with E-state index in [-0.39, 0.29) is 18.1 Å². The van der Waals surface area contributed by atoms with Crippen LogP contribution in [-0.4, -0.2) is 27.3 Å². The number of rotatable bonds is 11. The lowest BCUT2D eigenvalue weighted by Crippen LogP contribution is -2.30. The molecule has 2 aliphatic carbocycles. The van der Waals surface area contributed by atoms with Crippen LogP contribution < -0.4 is 9.46 Å². The molecule has 1 fully saturated rings. The van der Waals surface area contributed by atoms with E-state index in [2.05, 4.69) is 23.8 Å². The Labute approximate surface area is 185 Å². The summed E-state index contributed by atoms with van der Waals surface area (Å²) in [6, 6.07) is 13.1. The molecule has 0 aliphatic heterocycles. The Morgan fingerprint density at radius 2 is 2.00 bits per heavy atom. The van der Waals surface area contributed by atoms with E-state index in [1.54, 1.807) is 12.1 Å². The lowest BCUT2D eigenvalue weighted by atomic mass is 9.84. The molecule has 0 radical (unpaired) electrons. The van der Waals surface area contributed by atoms with E-state index in [1.165, 1.54) is 17.2 Å². The second-order valence-corrected chi connectivity index (χ2v) is 10.9. The summed E-state index contributed by atoms with van der Waals surface area (Å²) in [6.45, 7) is 2.79. The third-order valence-electron chi connectivity index (χ3n) is 6.42. The van der Waals surface area contributed by atoms with Gasteiger partial charge < -0.3 is 4.74 Å². The molecule has 2 aliphatic rings. The minimum atomic E-state index is -3.20. The first-order valence-electron chi connectivity index (χ1n) is 11.4. The molecule has 0 bridgehead atoms. The van der Waals surface area contributed by atoms with Crippen molar-refractivity contribution in [2.45, 2.75) is 51.4 Å². The van der Waals surface area contributed by atoms with E-state index in [0.717, 1.165) is 49.8 Å². The van der Waals surface area contributed by atoms with Crippen LogP contribution in [0.1, 0.15) is 55.2 Å². The molecular weight excluding hydrogens is 413 g/mol. The van der Waals surface area contributed by atoms with Crippen molar-refractivity contribution in [1.82, 2.24) is 4.72 Å². The van der Waals surface area contributed by atoms with Crippen molar-refractivity contribution in [3.05, 3.63) is 65.0 Å². The summed E-state index contributed by atoms with van der Waals surface area (Å²) < 4.78 is 46.2. The van der Waals surface area contributed by atoms with Crippen LogP contribution in [0.15, 0.2) is 42.5 Å². The number of hydrogen-bond donors (Lipinski definition) is 1. The van der Waals surface area contributed by atoms with Crippen LogP contribution in [0.5, 0.6) is 5.75 Å². The van der Waals surface area contributed by atoms with Gasteiger partial charge in [-0.1, -0.05) is 31.5 Å². The predicted octanol–water partition coefficient (Wildman–Crippen LogP) is 4.83. The highest BCUT2D eigenvalue weighted by Gasteiger charge is 2.32. The zero-order valence-electron chi connectivity index (χ0n) is 18.1. The number of sulfonamides is 1. The first kappa shape index (κ1) is 22.3. The average molecular weight is 446 g/mol. The maximum Gasteiger partial charge on any atom is 0.211 e. The van der Waals surface area contributed by atoms with Gasteiger partial charge in [-0.05, 0) is 90.8 Å². The van der Waals surface area contributed by atoms with Crippen LogP contribution >= 0.6 is 0 Å². The highest BCUT2D eigenvalue weighted by Crippen LogP contribution is 2.43. The first-order chi connectivity index (χ1) is 14.9. The fourth-order valence-electron chi connectivity index (χ4n) is 4.76. The number of ether oxygens (including phenoxy) is 1. The van der Waals surface area contributed by atoms with E-state index in [1.807, 2.05) is 12.1 Å². The standard InChI is InChI=1S/C25H32FNO3S/c1-2-4-20-15-21-9-10-23(30-12-11-27-31(28,29)17-18-7-8-18)16-25(21)24(20)14-19-5-3-6-22(26)13-19/h3,5-6,9-10,13,16,18,20,24,27H,2,4,7-8,11-12,14-15,17H2,1H3. The lowest BCUT2D eigenvalue weighted by Gasteiger charge is -2.21. The maximum atomic E-state index is 13.7. The number of hydrogen-bond acceptors (Lipinski definition) is 3. The molecule has 1 saturated carbocycles. The molecule has 2 aromatic carbocycles. The van der Waals surface area contributed by atoms with Crippen molar-refractivity contribution >= 4 is 10.0 Å². The lowest BCUT2D eigenvalue weighted by molar-refractivity contribution is 0.322. The van der Waals surface area contributed by atoms with E-state index >= 15 is 0 Å². The molecular formula is C25H32FNO3S. The van der Waals surface area contributed by atoms with Gasteiger partial charge in [0, 0.05) is 6.54 Å². The quantitative estimate of drug-likeness (QED) is 0.504. The summed E-state index contributed by atoms with van der Waals surface area (Å²) >= 11 is 0. The second kappa shape index (κ2) is 9.70. The molecule has 0 spiro atoms. The van der Waals surface area contributed by atoms with Gasteiger partial charge in [-0.3, -0.25) is 0 Å². The molecule has 6 heteroatoms. The zero-order valence-corrected chi connectivity index (χ0v) is 19.0. The normalized spacial score (nSPS) is 20.6. The van der Waals surface area contributed by atoms with Gasteiger partial charge in [-0.2, -0.15) is 0 Å². The Kier molecular flexibility index (Phi) is 6.97. The molecule has 0 saturated heterocycles. The van der Waals surface area contributed by atoms with Gasteiger partial charge in [0.2, 0.25) is 10.0 Å². The van der Waals surface area contributed by atoms with Crippen molar-refractivity contribution in [1.29, 1.82) is 0 Å². The van der Waals surface area contributed by atoms with Crippen LogP contribution in [0.4, 0.5) is 4.39 Å². The SMILES string of the molecule is CCCC1Cc2ccc(OCCNS(=O)(=O)CC3CC3)cc2C1Cc1cccc(F)c1. The van der Waals surface area contributed by atoms with Crippen LogP contribution in [0, 0.1) is 17.7 Å². The van der Waals surface area contributed by atoms with Crippen LogP contribution in [-0.2, 0) is 22.9 Å². The highest BCUT2D eigenvalue weighted by molar-refractivity contribution is 7.89. The molecule has 4 nitrogen and oxygen atoms in total. The van der Waals surface area contributed by atoms with Gasteiger partial charge in [-0.25, -0.2) is 17.5 Å². The van der Waals surface area contributed by atoms with Gasteiger partial charge in [0.05, 0.1) is 5.75 Å². The zero-order chi connectivity index (χ0) is 21.8. The molecule has 4 rings (SSSR count). The molecule has 31 heavy (non-hydrogen) atoms. The minimum Gasteiger partial charge on any atom is -0.492 e. The Morgan fingerprint density at radius 3 is 2.74 bits per heavy atom. The Bertz CT molecular complexity index is 1000. The van der Waals surface area contributed by atoms with Crippen LogP contribution in [0.2, 0.25) is 0 Å². The molecule has 0 heterocycles. The number of nitrogens with one attached hydrogen (secondary N) is 1. The van der Waals surface area contributed by atoms with E-state index < -0.39 is 10.0 Å². The van der Waals surface area contributed by atoms with Gasteiger partial charge in [-0.15, -0.1) is 0 Å². The van der Waals surface area contributed by atoms with Crippen molar-refractivity contribution in [2.24, 2.45) is 11.8 Å². The molecule has 2 unspecified atom stereocenters. The summed E-state index contributed by atoms with van der Waals surface area (Å²) in [5.74, 6) is 2.03. The van der Waals surface area contributed by atoms with Crippen molar-refractivity contribution in [3.8, 4) is 5.75 Å². The van der Waals surface area contributed by atoms with Gasteiger partial charge in [0.1, 0.15) is 18.2 Å². The number of fused-ring (bicyclic) bond motifs is 1. The van der Waals surface area contributed by atoms with E-state index in [9.17, 15) is 12.8 Å². The molecule has 2 atom stereocenters. The minimum absolute atomic E-state index is 0.191. The average Bonchev–Trinajstić information content (AvgIpc) is 3.47. The smallest absolute Gasteiger partial charge is 0.211 e. The van der Waals surface area contributed by atoms with Crippen LogP contribution in [0.3, 0.4) is 0 Å². The highest BCUT2D eigenvalue weighted by atomic mass is 32.2. The molecule has 168 valence electrons. The summed E-state index contributed by atoms with van der Waals surface area (Å²) in [5, 5.41) is 0. The Hall–Kier alpha value is -1.92. The summed E-state index contributed by atoms with van der Waals surface area (Å²) in [5.41, 5.74) is 3.65. The topological polar surface area (TPSA) is 55.4 Å². The Balaban J connectivity index is 1.40. The van der Waals surface area contributed by atoms with E-state index in [4.69, 9.17) is 4.74 Å². The fourth-order valence-corrected chi connectivity index (χ4v) is 6.23. The van der Waals surface area contributed by atoms with E-state index in [0.29, 0.717) is 24.4 Å². The monoisotopic (exact) mass is 445 g/mol. The first-order valence-corrected chi connectivity index (χ1v) is 13.1. The number of benzene rings is 2. The third-order valence-corrected chi connectivity index (χ3v) is 7.97. The molecule has 0 aromatic heterocycles. The van der Waals surface area contributed by atoms with Crippen molar-refractivity contribution in [3.63, 3.8) is 0 Å². The van der Waals surface area contributed by atoms with Gasteiger partial charge in [0.15, 0.2) is 0 Å². The predicted molar refractivity (Wildman–Crippen MR) is 121 cm³/mol. The molecule has 2 aromatic rings. The van der Waals surface area contributed by atoms with Gasteiger partial charge >= 0.3 is 0 Å². The molecule has 0 amide bonds. The molecule has 1 N–H and O–H groups in total. The van der Waals surface area contributed by atoms with Crippen LogP contribution in [0.25, 0.3) is 0 Å².